The van der Waals surface area contributed by atoms with Crippen LogP contribution < -0.4 is 0 Å². The van der Waals surface area contributed by atoms with E-state index in [-0.39, 0.29) is 0 Å². The number of pyridine rings is 1. The second-order valence-electron chi connectivity index (χ2n) is 4.46. The molecular formula is C15H19BrN2. The summed E-state index contributed by atoms with van der Waals surface area (Å²) in [5, 5.41) is 2.25. The second-order valence-corrected chi connectivity index (χ2v) is 5.25. The topological polar surface area (TPSA) is 16.1 Å². The number of halogens is 1. The van der Waals surface area contributed by atoms with Gasteiger partial charge in [-0.1, -0.05) is 47.1 Å². The highest BCUT2D eigenvalue weighted by Crippen LogP contribution is 2.17. The minimum Gasteiger partial charge on any atom is -0.298 e. The number of aromatic nitrogens is 1. The van der Waals surface area contributed by atoms with E-state index in [1.54, 1.807) is 0 Å². The van der Waals surface area contributed by atoms with Crippen molar-refractivity contribution in [2.75, 3.05) is 18.4 Å². The van der Waals surface area contributed by atoms with E-state index in [4.69, 9.17) is 0 Å². The van der Waals surface area contributed by atoms with Crippen molar-refractivity contribution in [1.82, 2.24) is 9.88 Å². The molecule has 2 rings (SSSR count). The number of nitrogens with zero attached hydrogens (tertiary/aromatic N) is 2. The number of hydrogen-bond acceptors (Lipinski definition) is 2. The predicted octanol–water partition coefficient (Wildman–Crippen LogP) is 3.84. The summed E-state index contributed by atoms with van der Waals surface area (Å²) >= 11 is 3.53. The van der Waals surface area contributed by atoms with Gasteiger partial charge in [0, 0.05) is 30.0 Å². The number of para-hydroxylation sites is 1. The number of fused-ring (bicyclic) bond motifs is 1. The largest absolute Gasteiger partial charge is 0.298 e. The fourth-order valence-electron chi connectivity index (χ4n) is 2.24. The second kappa shape index (κ2) is 6.86. The number of hydrogen-bond donors (Lipinski definition) is 0. The Morgan fingerprint density at radius 2 is 2.00 bits per heavy atom. The average molecular weight is 307 g/mol. The van der Waals surface area contributed by atoms with Crippen molar-refractivity contribution in [2.45, 2.75) is 19.9 Å². The van der Waals surface area contributed by atoms with Gasteiger partial charge in [-0.15, -0.1) is 0 Å². The van der Waals surface area contributed by atoms with Gasteiger partial charge in [0.15, 0.2) is 0 Å². The average Bonchev–Trinajstić information content (AvgIpc) is 2.40. The van der Waals surface area contributed by atoms with Crippen molar-refractivity contribution < 1.29 is 0 Å². The summed E-state index contributed by atoms with van der Waals surface area (Å²) in [4.78, 5) is 6.99. The molecule has 2 nitrogen and oxygen atoms in total. The van der Waals surface area contributed by atoms with E-state index in [2.05, 4.69) is 57.0 Å². The molecule has 0 N–H and O–H groups in total. The summed E-state index contributed by atoms with van der Waals surface area (Å²) in [6, 6.07) is 10.6. The Labute approximate surface area is 117 Å². The lowest BCUT2D eigenvalue weighted by Gasteiger charge is -2.21. The van der Waals surface area contributed by atoms with Gasteiger partial charge in [-0.3, -0.25) is 9.88 Å². The molecule has 0 bridgehead atoms. The van der Waals surface area contributed by atoms with Crippen molar-refractivity contribution in [2.24, 2.45) is 0 Å². The Kier molecular flexibility index (Phi) is 5.14. The van der Waals surface area contributed by atoms with Gasteiger partial charge in [-0.05, 0) is 24.6 Å². The van der Waals surface area contributed by atoms with Crippen molar-refractivity contribution >= 4 is 26.8 Å². The Morgan fingerprint density at radius 1 is 1.17 bits per heavy atom. The minimum absolute atomic E-state index is 0.980. The summed E-state index contributed by atoms with van der Waals surface area (Å²) in [7, 11) is 0. The van der Waals surface area contributed by atoms with Crippen molar-refractivity contribution in [3.05, 3.63) is 42.1 Å². The quantitative estimate of drug-likeness (QED) is 0.754. The maximum Gasteiger partial charge on any atom is 0.0746 e. The number of rotatable bonds is 6. The monoisotopic (exact) mass is 306 g/mol. The SMILES string of the molecule is CCCN(CCBr)Cc1cccc2cccnc12. The minimum atomic E-state index is 0.980. The van der Waals surface area contributed by atoms with Crippen LogP contribution in [0.2, 0.25) is 0 Å². The fraction of sp³-hybridized carbons (Fsp3) is 0.400. The van der Waals surface area contributed by atoms with Crippen LogP contribution in [0.15, 0.2) is 36.5 Å². The standard InChI is InChI=1S/C15H19BrN2/c1-2-10-18(11-8-16)12-14-6-3-5-13-7-4-9-17-15(13)14/h3-7,9H,2,8,10-12H2,1H3. The smallest absolute Gasteiger partial charge is 0.0746 e. The molecule has 1 aromatic carbocycles. The molecule has 0 spiro atoms. The van der Waals surface area contributed by atoms with E-state index in [0.717, 1.165) is 30.5 Å². The molecule has 1 aromatic heterocycles. The molecule has 18 heavy (non-hydrogen) atoms. The summed E-state index contributed by atoms with van der Waals surface area (Å²) in [6.07, 6.45) is 3.06. The highest BCUT2D eigenvalue weighted by atomic mass is 79.9. The van der Waals surface area contributed by atoms with Crippen LogP contribution in [0.4, 0.5) is 0 Å². The Morgan fingerprint density at radius 3 is 2.78 bits per heavy atom. The van der Waals surface area contributed by atoms with E-state index in [1.165, 1.54) is 17.4 Å². The summed E-state index contributed by atoms with van der Waals surface area (Å²) in [5.74, 6) is 0. The normalized spacial score (nSPS) is 11.3. The molecule has 0 amide bonds. The highest BCUT2D eigenvalue weighted by Gasteiger charge is 2.07. The summed E-state index contributed by atoms with van der Waals surface area (Å²) in [6.45, 7) is 5.42. The lowest BCUT2D eigenvalue weighted by atomic mass is 10.1. The lowest BCUT2D eigenvalue weighted by molar-refractivity contribution is 0.284. The number of alkyl halides is 1. The van der Waals surface area contributed by atoms with Crippen molar-refractivity contribution in [3.8, 4) is 0 Å². The number of benzene rings is 1. The molecule has 0 aliphatic rings. The predicted molar refractivity (Wildman–Crippen MR) is 81.1 cm³/mol. The third kappa shape index (κ3) is 3.30. The lowest BCUT2D eigenvalue weighted by Crippen LogP contribution is -2.26. The molecular weight excluding hydrogens is 288 g/mol. The van der Waals surface area contributed by atoms with Crippen LogP contribution in [0.3, 0.4) is 0 Å². The van der Waals surface area contributed by atoms with E-state index in [1.807, 2.05) is 12.3 Å². The highest BCUT2D eigenvalue weighted by molar-refractivity contribution is 9.09. The van der Waals surface area contributed by atoms with Crippen LogP contribution in [0.5, 0.6) is 0 Å². The molecule has 0 fully saturated rings. The van der Waals surface area contributed by atoms with Crippen LogP contribution in [-0.2, 0) is 6.54 Å². The van der Waals surface area contributed by atoms with Crippen LogP contribution in [0.1, 0.15) is 18.9 Å². The molecule has 96 valence electrons. The molecule has 1 heterocycles. The van der Waals surface area contributed by atoms with Crippen LogP contribution in [-0.4, -0.2) is 28.3 Å². The molecule has 0 aliphatic heterocycles. The Balaban J connectivity index is 2.24. The van der Waals surface area contributed by atoms with Gasteiger partial charge in [0.2, 0.25) is 0 Å². The van der Waals surface area contributed by atoms with Crippen molar-refractivity contribution in [1.29, 1.82) is 0 Å². The van der Waals surface area contributed by atoms with Crippen LogP contribution >= 0.6 is 15.9 Å². The van der Waals surface area contributed by atoms with E-state index in [9.17, 15) is 0 Å². The maximum atomic E-state index is 4.52. The molecule has 0 saturated heterocycles. The van der Waals surface area contributed by atoms with Crippen molar-refractivity contribution in [3.63, 3.8) is 0 Å². The molecule has 0 saturated carbocycles. The molecule has 3 heteroatoms. The summed E-state index contributed by atoms with van der Waals surface area (Å²) < 4.78 is 0. The van der Waals surface area contributed by atoms with Crippen LogP contribution in [0.25, 0.3) is 10.9 Å². The third-order valence-electron chi connectivity index (χ3n) is 3.05. The van der Waals surface area contributed by atoms with Gasteiger partial charge >= 0.3 is 0 Å². The zero-order valence-corrected chi connectivity index (χ0v) is 12.4. The third-order valence-corrected chi connectivity index (χ3v) is 3.41. The zero-order valence-electron chi connectivity index (χ0n) is 10.8. The first-order valence-electron chi connectivity index (χ1n) is 6.46. The molecule has 0 radical (unpaired) electrons. The molecule has 2 aromatic rings. The van der Waals surface area contributed by atoms with Gasteiger partial charge < -0.3 is 0 Å². The first kappa shape index (κ1) is 13.5. The van der Waals surface area contributed by atoms with Gasteiger partial charge in [0.25, 0.3) is 0 Å². The first-order valence-corrected chi connectivity index (χ1v) is 7.58. The van der Waals surface area contributed by atoms with Gasteiger partial charge in [0.05, 0.1) is 5.52 Å². The van der Waals surface area contributed by atoms with E-state index < -0.39 is 0 Å². The maximum absolute atomic E-state index is 4.52. The summed E-state index contributed by atoms with van der Waals surface area (Å²) in [5.41, 5.74) is 2.46. The molecule has 0 atom stereocenters. The fourth-order valence-corrected chi connectivity index (χ4v) is 2.74. The van der Waals surface area contributed by atoms with Crippen LogP contribution in [0, 0.1) is 0 Å². The molecule has 0 aliphatic carbocycles. The molecule has 0 unspecified atom stereocenters. The Bertz CT molecular complexity index is 487. The Hall–Kier alpha value is -0.930. The van der Waals surface area contributed by atoms with Gasteiger partial charge in [0.1, 0.15) is 0 Å². The van der Waals surface area contributed by atoms with Gasteiger partial charge in [-0.2, -0.15) is 0 Å². The van der Waals surface area contributed by atoms with E-state index in [0.29, 0.717) is 0 Å². The van der Waals surface area contributed by atoms with Gasteiger partial charge in [-0.25, -0.2) is 0 Å². The van der Waals surface area contributed by atoms with E-state index >= 15 is 0 Å². The first-order chi connectivity index (χ1) is 8.85. The zero-order chi connectivity index (χ0) is 12.8.